The Morgan fingerprint density at radius 1 is 1.27 bits per heavy atom. The molecule has 0 atom stereocenters. The average Bonchev–Trinajstić information content (AvgIpc) is 2.78. The van der Waals surface area contributed by atoms with E-state index in [1.807, 2.05) is 45.0 Å². The van der Waals surface area contributed by atoms with Gasteiger partial charge in [-0.05, 0) is 59.1 Å². The summed E-state index contributed by atoms with van der Waals surface area (Å²) in [6.07, 6.45) is 3.46. The average molecular weight is 458 g/mol. The number of aromatic nitrogens is 2. The molecule has 33 heavy (non-hydrogen) atoms. The lowest BCUT2D eigenvalue weighted by Crippen LogP contribution is -2.44. The van der Waals surface area contributed by atoms with Crippen molar-refractivity contribution in [3.8, 4) is 11.3 Å². The second kappa shape index (κ2) is 10.8. The molecule has 2 aromatic rings. The van der Waals surface area contributed by atoms with E-state index in [-0.39, 0.29) is 17.8 Å². The number of piperidine rings is 1. The van der Waals surface area contributed by atoms with Crippen molar-refractivity contribution >= 4 is 17.7 Å². The van der Waals surface area contributed by atoms with Crippen LogP contribution in [0.15, 0.2) is 30.5 Å². The molecular weight excluding hydrogens is 421 g/mol. The highest BCUT2D eigenvalue weighted by atomic mass is 19.1. The molecule has 3 rings (SSSR count). The van der Waals surface area contributed by atoms with E-state index in [9.17, 15) is 9.18 Å². The molecule has 1 aromatic carbocycles. The quantitative estimate of drug-likeness (QED) is 0.606. The van der Waals surface area contributed by atoms with Gasteiger partial charge < -0.3 is 19.9 Å². The second-order valence-electron chi connectivity index (χ2n) is 9.41. The molecule has 1 N–H and O–H groups in total. The summed E-state index contributed by atoms with van der Waals surface area (Å²) in [7, 11) is 0. The number of anilines is 2. The molecule has 1 aliphatic rings. The van der Waals surface area contributed by atoms with Gasteiger partial charge in [0.15, 0.2) is 5.82 Å². The van der Waals surface area contributed by atoms with Gasteiger partial charge in [-0.3, -0.25) is 0 Å². The summed E-state index contributed by atoms with van der Waals surface area (Å²) in [6, 6.07) is 7.93. The van der Waals surface area contributed by atoms with Gasteiger partial charge in [-0.2, -0.15) is 0 Å². The van der Waals surface area contributed by atoms with Crippen LogP contribution in [0.2, 0.25) is 0 Å². The standard InChI is InChI=1S/C25H36FN5O2/c1-6-13-30(7-2)20-10-8-9-18(16-20)22-21(26)17-27-23(29-22)28-19-11-14-31(15-12-19)24(32)33-25(3,4)5/h8-10,16-17,19H,6-7,11-15H2,1-5H3,(H,27,28,29). The summed E-state index contributed by atoms with van der Waals surface area (Å²) >= 11 is 0. The van der Waals surface area contributed by atoms with Crippen molar-refractivity contribution in [2.75, 3.05) is 36.4 Å². The van der Waals surface area contributed by atoms with Crippen LogP contribution < -0.4 is 10.2 Å². The molecule has 180 valence electrons. The summed E-state index contributed by atoms with van der Waals surface area (Å²) in [4.78, 5) is 24.9. The molecule has 7 nitrogen and oxygen atoms in total. The molecule has 0 spiro atoms. The predicted octanol–water partition coefficient (Wildman–Crippen LogP) is 5.33. The van der Waals surface area contributed by atoms with Crippen molar-refractivity contribution in [3.05, 3.63) is 36.3 Å². The van der Waals surface area contributed by atoms with Gasteiger partial charge in [-0.1, -0.05) is 19.1 Å². The summed E-state index contributed by atoms with van der Waals surface area (Å²) < 4.78 is 20.1. The van der Waals surface area contributed by atoms with E-state index in [0.717, 1.165) is 43.6 Å². The third kappa shape index (κ3) is 6.79. The van der Waals surface area contributed by atoms with Gasteiger partial charge in [0.2, 0.25) is 5.95 Å². The Morgan fingerprint density at radius 2 is 2.00 bits per heavy atom. The van der Waals surface area contributed by atoms with E-state index in [1.165, 1.54) is 6.20 Å². The number of ether oxygens (including phenoxy) is 1. The molecule has 1 amide bonds. The number of nitrogens with one attached hydrogen (secondary N) is 1. The van der Waals surface area contributed by atoms with Gasteiger partial charge in [-0.15, -0.1) is 0 Å². The minimum Gasteiger partial charge on any atom is -0.444 e. The highest BCUT2D eigenvalue weighted by Gasteiger charge is 2.27. The lowest BCUT2D eigenvalue weighted by atomic mass is 10.1. The fraction of sp³-hybridized carbons (Fsp3) is 0.560. The number of likely N-dealkylation sites (tertiary alicyclic amines) is 1. The molecule has 1 aromatic heterocycles. The smallest absolute Gasteiger partial charge is 0.410 e. The van der Waals surface area contributed by atoms with Gasteiger partial charge in [0, 0.05) is 43.5 Å². The summed E-state index contributed by atoms with van der Waals surface area (Å²) in [5.74, 6) is -0.0515. The first-order chi connectivity index (χ1) is 15.7. The van der Waals surface area contributed by atoms with Gasteiger partial charge in [0.1, 0.15) is 11.3 Å². The normalized spacial score (nSPS) is 14.8. The molecule has 1 fully saturated rings. The maximum absolute atomic E-state index is 14.6. The molecule has 0 radical (unpaired) electrons. The SMILES string of the molecule is CCCN(CC)c1cccc(-c2nc(NC3CCN(C(=O)OC(C)(C)C)CC3)ncc2F)c1. The van der Waals surface area contributed by atoms with Crippen LogP contribution in [0, 0.1) is 5.82 Å². The van der Waals surface area contributed by atoms with Crippen LogP contribution in [0.25, 0.3) is 11.3 Å². The number of hydrogen-bond acceptors (Lipinski definition) is 6. The minimum atomic E-state index is -0.507. The Labute approximate surface area is 196 Å². The Hall–Kier alpha value is -2.90. The summed E-state index contributed by atoms with van der Waals surface area (Å²) in [5.41, 5.74) is 1.56. The van der Waals surface area contributed by atoms with Crippen molar-refractivity contribution in [2.24, 2.45) is 0 Å². The largest absolute Gasteiger partial charge is 0.444 e. The maximum atomic E-state index is 14.6. The number of halogens is 1. The molecular formula is C25H36FN5O2. The van der Waals surface area contributed by atoms with Crippen molar-refractivity contribution < 1.29 is 13.9 Å². The first kappa shape index (κ1) is 24.7. The van der Waals surface area contributed by atoms with Gasteiger partial charge in [0.05, 0.1) is 6.20 Å². The zero-order valence-corrected chi connectivity index (χ0v) is 20.4. The third-order valence-corrected chi connectivity index (χ3v) is 5.58. The molecule has 1 saturated heterocycles. The fourth-order valence-electron chi connectivity index (χ4n) is 3.94. The number of nitrogens with zero attached hydrogens (tertiary/aromatic N) is 4. The van der Waals surface area contributed by atoms with E-state index >= 15 is 0 Å². The Balaban J connectivity index is 1.68. The van der Waals surface area contributed by atoms with Gasteiger partial charge in [0.25, 0.3) is 0 Å². The van der Waals surface area contributed by atoms with Crippen LogP contribution >= 0.6 is 0 Å². The molecule has 8 heteroatoms. The maximum Gasteiger partial charge on any atom is 0.410 e. The van der Waals surface area contributed by atoms with Crippen molar-refractivity contribution in [2.45, 2.75) is 65.5 Å². The van der Waals surface area contributed by atoms with Crippen molar-refractivity contribution in [3.63, 3.8) is 0 Å². The number of carbonyl (C=O) groups is 1. The van der Waals surface area contributed by atoms with Crippen LogP contribution in [0.4, 0.5) is 20.8 Å². The van der Waals surface area contributed by atoms with E-state index in [2.05, 4.69) is 34.0 Å². The Kier molecular flexibility index (Phi) is 8.10. The van der Waals surface area contributed by atoms with Crippen LogP contribution in [-0.4, -0.2) is 58.8 Å². The van der Waals surface area contributed by atoms with Crippen LogP contribution in [-0.2, 0) is 4.74 Å². The highest BCUT2D eigenvalue weighted by molar-refractivity contribution is 5.68. The minimum absolute atomic E-state index is 0.105. The lowest BCUT2D eigenvalue weighted by Gasteiger charge is -2.33. The van der Waals surface area contributed by atoms with E-state index in [4.69, 9.17) is 4.74 Å². The Bertz CT molecular complexity index is 939. The second-order valence-corrected chi connectivity index (χ2v) is 9.41. The van der Waals surface area contributed by atoms with Gasteiger partial charge >= 0.3 is 6.09 Å². The first-order valence-corrected chi connectivity index (χ1v) is 11.8. The Morgan fingerprint density at radius 3 is 2.64 bits per heavy atom. The fourth-order valence-corrected chi connectivity index (χ4v) is 3.94. The number of carbonyl (C=O) groups excluding carboxylic acids is 1. The van der Waals surface area contributed by atoms with E-state index in [1.54, 1.807) is 4.90 Å². The molecule has 2 heterocycles. The summed E-state index contributed by atoms with van der Waals surface area (Å²) in [6.45, 7) is 12.9. The number of benzene rings is 1. The van der Waals surface area contributed by atoms with E-state index in [0.29, 0.717) is 19.0 Å². The topological polar surface area (TPSA) is 70.6 Å². The zero-order chi connectivity index (χ0) is 24.0. The molecule has 0 aliphatic carbocycles. The third-order valence-electron chi connectivity index (χ3n) is 5.58. The lowest BCUT2D eigenvalue weighted by molar-refractivity contribution is 0.0210. The highest BCUT2D eigenvalue weighted by Crippen LogP contribution is 2.27. The molecule has 1 aliphatic heterocycles. The first-order valence-electron chi connectivity index (χ1n) is 11.8. The van der Waals surface area contributed by atoms with Crippen LogP contribution in [0.5, 0.6) is 0 Å². The number of amides is 1. The van der Waals surface area contributed by atoms with Crippen LogP contribution in [0.1, 0.15) is 53.9 Å². The summed E-state index contributed by atoms with van der Waals surface area (Å²) in [5, 5.41) is 3.32. The van der Waals surface area contributed by atoms with Crippen molar-refractivity contribution in [1.82, 2.24) is 14.9 Å². The molecule has 0 bridgehead atoms. The monoisotopic (exact) mass is 457 g/mol. The molecule has 0 saturated carbocycles. The van der Waals surface area contributed by atoms with Crippen LogP contribution in [0.3, 0.4) is 0 Å². The van der Waals surface area contributed by atoms with Gasteiger partial charge in [-0.25, -0.2) is 19.2 Å². The number of hydrogen-bond donors (Lipinski definition) is 1. The number of rotatable bonds is 7. The molecule has 0 unspecified atom stereocenters. The predicted molar refractivity (Wildman–Crippen MR) is 130 cm³/mol. The van der Waals surface area contributed by atoms with Crippen molar-refractivity contribution in [1.29, 1.82) is 0 Å². The van der Waals surface area contributed by atoms with E-state index < -0.39 is 11.4 Å². The zero-order valence-electron chi connectivity index (χ0n) is 20.4.